The Morgan fingerprint density at radius 1 is 1.55 bits per heavy atom. The highest BCUT2D eigenvalue weighted by atomic mass is 16.6. The molecule has 1 N–H and O–H groups in total. The first-order valence-corrected chi connectivity index (χ1v) is 6.86. The highest BCUT2D eigenvalue weighted by Gasteiger charge is 2.60. The second-order valence-electron chi connectivity index (χ2n) is 5.98. The average Bonchev–Trinajstić information content (AvgIpc) is 3.00. The van der Waals surface area contributed by atoms with Crippen molar-refractivity contribution in [2.24, 2.45) is 5.92 Å². The van der Waals surface area contributed by atoms with Crippen molar-refractivity contribution in [3.8, 4) is 0 Å². The van der Waals surface area contributed by atoms with E-state index in [4.69, 9.17) is 9.47 Å². The predicted molar refractivity (Wildman–Crippen MR) is 69.8 cm³/mol. The van der Waals surface area contributed by atoms with Gasteiger partial charge in [0.25, 0.3) is 0 Å². The molecule has 2 aliphatic heterocycles. The van der Waals surface area contributed by atoms with Crippen molar-refractivity contribution in [1.82, 2.24) is 0 Å². The number of aldehydes is 1. The monoisotopic (exact) mass is 278 g/mol. The average molecular weight is 278 g/mol. The molecule has 5 atom stereocenters. The third kappa shape index (κ3) is 2.01. The zero-order chi connectivity index (χ0) is 14.5. The summed E-state index contributed by atoms with van der Waals surface area (Å²) in [4.78, 5) is 22.8. The summed E-state index contributed by atoms with van der Waals surface area (Å²) in [7, 11) is 0. The van der Waals surface area contributed by atoms with E-state index in [2.05, 4.69) is 6.58 Å². The van der Waals surface area contributed by atoms with Crippen LogP contribution in [-0.4, -0.2) is 41.3 Å². The van der Waals surface area contributed by atoms with Crippen LogP contribution in [0.5, 0.6) is 0 Å². The van der Waals surface area contributed by atoms with Gasteiger partial charge >= 0.3 is 5.97 Å². The number of carbonyl (C=O) groups is 2. The van der Waals surface area contributed by atoms with Gasteiger partial charge in [0.05, 0.1) is 17.6 Å². The van der Waals surface area contributed by atoms with Crippen LogP contribution in [0, 0.1) is 5.92 Å². The van der Waals surface area contributed by atoms with Gasteiger partial charge in [-0.05, 0) is 25.3 Å². The number of hydrogen-bond acceptors (Lipinski definition) is 5. The first-order chi connectivity index (χ1) is 9.46. The molecule has 0 radical (unpaired) electrons. The van der Waals surface area contributed by atoms with Gasteiger partial charge in [-0.25, -0.2) is 4.79 Å². The minimum absolute atomic E-state index is 0.270. The molecule has 5 nitrogen and oxygen atoms in total. The fourth-order valence-electron chi connectivity index (χ4n) is 3.27. The van der Waals surface area contributed by atoms with Crippen LogP contribution in [0.4, 0.5) is 0 Å². The van der Waals surface area contributed by atoms with Crippen molar-refractivity contribution in [3.05, 3.63) is 23.8 Å². The molecule has 5 heteroatoms. The fourth-order valence-corrected chi connectivity index (χ4v) is 3.27. The van der Waals surface area contributed by atoms with Crippen molar-refractivity contribution in [2.75, 3.05) is 0 Å². The summed E-state index contributed by atoms with van der Waals surface area (Å²) in [5.41, 5.74) is 0.473. The molecular weight excluding hydrogens is 260 g/mol. The van der Waals surface area contributed by atoms with Crippen LogP contribution in [0.15, 0.2) is 23.8 Å². The Balaban J connectivity index is 1.94. The molecule has 108 valence electrons. The Hall–Kier alpha value is -1.46. The van der Waals surface area contributed by atoms with Gasteiger partial charge < -0.3 is 14.6 Å². The number of aliphatic hydroxyl groups is 1. The molecule has 2 saturated heterocycles. The van der Waals surface area contributed by atoms with Crippen LogP contribution in [0.25, 0.3) is 0 Å². The molecule has 2 fully saturated rings. The zero-order valence-electron chi connectivity index (χ0n) is 11.4. The standard InChI is InChI=1S/C15H18O5/c1-8-11-10(19-14(8)18)6-9(7-16)4-3-5-15(2)13(20-15)12(11)17/h4,7,10-13,17H,1,3,5-6H2,2H3/b9-4+/t10-,11-,12+,13-,15-/m1/s1. The van der Waals surface area contributed by atoms with Gasteiger partial charge in [-0.15, -0.1) is 0 Å². The van der Waals surface area contributed by atoms with Crippen molar-refractivity contribution in [2.45, 2.75) is 50.1 Å². The summed E-state index contributed by atoms with van der Waals surface area (Å²) in [6.07, 6.45) is 2.76. The van der Waals surface area contributed by atoms with E-state index in [-0.39, 0.29) is 11.7 Å². The lowest BCUT2D eigenvalue weighted by atomic mass is 9.82. The smallest absolute Gasteiger partial charge is 0.334 e. The normalized spacial score (nSPS) is 46.6. The maximum absolute atomic E-state index is 11.7. The summed E-state index contributed by atoms with van der Waals surface area (Å²) >= 11 is 0. The van der Waals surface area contributed by atoms with E-state index in [9.17, 15) is 14.7 Å². The number of rotatable bonds is 1. The van der Waals surface area contributed by atoms with Gasteiger partial charge in [0.1, 0.15) is 18.5 Å². The van der Waals surface area contributed by atoms with Gasteiger partial charge in [-0.3, -0.25) is 4.79 Å². The highest BCUT2D eigenvalue weighted by molar-refractivity contribution is 5.91. The first-order valence-electron chi connectivity index (χ1n) is 6.86. The third-order valence-electron chi connectivity index (χ3n) is 4.58. The Morgan fingerprint density at radius 3 is 3.00 bits per heavy atom. The van der Waals surface area contributed by atoms with E-state index in [0.717, 1.165) is 12.7 Å². The van der Waals surface area contributed by atoms with Crippen LogP contribution < -0.4 is 0 Å². The number of epoxide rings is 1. The van der Waals surface area contributed by atoms with Crippen LogP contribution in [-0.2, 0) is 19.1 Å². The summed E-state index contributed by atoms with van der Waals surface area (Å²) < 4.78 is 10.9. The molecule has 20 heavy (non-hydrogen) atoms. The van der Waals surface area contributed by atoms with Crippen molar-refractivity contribution in [1.29, 1.82) is 0 Å². The van der Waals surface area contributed by atoms with E-state index in [1.165, 1.54) is 0 Å². The highest BCUT2D eigenvalue weighted by Crippen LogP contribution is 2.48. The maximum Gasteiger partial charge on any atom is 0.334 e. The van der Waals surface area contributed by atoms with Crippen LogP contribution in [0.1, 0.15) is 26.2 Å². The summed E-state index contributed by atoms with van der Waals surface area (Å²) in [5.74, 6) is -0.998. The van der Waals surface area contributed by atoms with Crippen LogP contribution >= 0.6 is 0 Å². The van der Waals surface area contributed by atoms with Crippen LogP contribution in [0.3, 0.4) is 0 Å². The van der Waals surface area contributed by atoms with Crippen molar-refractivity contribution in [3.63, 3.8) is 0 Å². The third-order valence-corrected chi connectivity index (χ3v) is 4.58. The maximum atomic E-state index is 11.7. The van der Waals surface area contributed by atoms with Crippen molar-refractivity contribution < 1.29 is 24.2 Å². The number of esters is 1. The SMILES string of the molecule is C=C1C(=O)O[C@@H]2C/C(C=O)=C\CC[C@@]3(C)O[C@@H]3[C@@H](O)[C@H]12. The Labute approximate surface area is 117 Å². The number of ether oxygens (including phenoxy) is 2. The molecule has 3 aliphatic rings. The second-order valence-corrected chi connectivity index (χ2v) is 5.98. The Kier molecular flexibility index (Phi) is 3.06. The van der Waals surface area contributed by atoms with Crippen LogP contribution in [0.2, 0.25) is 0 Å². The number of allylic oxidation sites excluding steroid dienone is 1. The number of carbonyl (C=O) groups excluding carboxylic acids is 2. The van der Waals surface area contributed by atoms with E-state index >= 15 is 0 Å². The molecule has 0 aromatic rings. The summed E-state index contributed by atoms with van der Waals surface area (Å²) in [6, 6.07) is 0. The quantitative estimate of drug-likeness (QED) is 0.334. The minimum Gasteiger partial charge on any atom is -0.458 e. The molecule has 1 aliphatic carbocycles. The number of fused-ring (bicyclic) bond motifs is 2. The predicted octanol–water partition coefficient (Wildman–Crippen LogP) is 0.912. The molecule has 2 heterocycles. The number of aliphatic hydroxyl groups excluding tert-OH is 1. The topological polar surface area (TPSA) is 76.1 Å². The lowest BCUT2D eigenvalue weighted by molar-refractivity contribution is -0.139. The molecule has 0 saturated carbocycles. The second kappa shape index (κ2) is 4.53. The Morgan fingerprint density at radius 2 is 2.30 bits per heavy atom. The molecular formula is C15H18O5. The molecule has 0 aromatic carbocycles. The molecule has 3 rings (SSSR count). The van der Waals surface area contributed by atoms with Crippen molar-refractivity contribution >= 4 is 12.3 Å². The molecule has 0 spiro atoms. The van der Waals surface area contributed by atoms with Gasteiger partial charge in [0.2, 0.25) is 0 Å². The van der Waals surface area contributed by atoms with E-state index < -0.39 is 29.7 Å². The lowest BCUT2D eigenvalue weighted by Gasteiger charge is -2.23. The largest absolute Gasteiger partial charge is 0.458 e. The Bertz CT molecular complexity index is 508. The molecule has 0 bridgehead atoms. The van der Waals surface area contributed by atoms with Gasteiger partial charge in [-0.2, -0.15) is 0 Å². The minimum atomic E-state index is -0.824. The van der Waals surface area contributed by atoms with E-state index in [1.807, 2.05) is 13.0 Å². The van der Waals surface area contributed by atoms with Gasteiger partial charge in [0.15, 0.2) is 0 Å². The number of hydrogen-bond donors (Lipinski definition) is 1. The van der Waals surface area contributed by atoms with E-state index in [0.29, 0.717) is 18.4 Å². The first kappa shape index (κ1) is 13.5. The zero-order valence-corrected chi connectivity index (χ0v) is 11.4. The molecule has 0 amide bonds. The lowest BCUT2D eigenvalue weighted by Crippen LogP contribution is -2.36. The molecule has 0 aromatic heterocycles. The fraction of sp³-hybridized carbons (Fsp3) is 0.600. The summed E-state index contributed by atoms with van der Waals surface area (Å²) in [5, 5.41) is 10.5. The van der Waals surface area contributed by atoms with Gasteiger partial charge in [0, 0.05) is 12.0 Å². The summed E-state index contributed by atoms with van der Waals surface area (Å²) in [6.45, 7) is 5.66. The van der Waals surface area contributed by atoms with E-state index in [1.54, 1.807) is 0 Å². The molecule has 0 unspecified atom stereocenters. The van der Waals surface area contributed by atoms with Gasteiger partial charge in [-0.1, -0.05) is 12.7 Å².